The predicted molar refractivity (Wildman–Crippen MR) is 125 cm³/mol. The number of piperidine rings is 1. The van der Waals surface area contributed by atoms with Gasteiger partial charge in [-0.3, -0.25) is 4.18 Å². The molecule has 1 unspecified atom stereocenters. The number of methoxy groups -OCH3 is 1. The zero-order valence-electron chi connectivity index (χ0n) is 18.8. The molecular weight excluding hydrogens is 456 g/mol. The van der Waals surface area contributed by atoms with Gasteiger partial charge < -0.3 is 9.64 Å². The van der Waals surface area contributed by atoms with Gasteiger partial charge in [-0.15, -0.1) is 15.3 Å². The number of pyridine rings is 1. The molecule has 4 heterocycles. The first-order valence-electron chi connectivity index (χ1n) is 10.9. The zero-order chi connectivity index (χ0) is 23.7. The van der Waals surface area contributed by atoms with Crippen LogP contribution in [0.15, 0.2) is 59.5 Å². The van der Waals surface area contributed by atoms with Crippen LogP contribution in [-0.4, -0.2) is 59.5 Å². The Morgan fingerprint density at radius 2 is 1.85 bits per heavy atom. The first-order valence-corrected chi connectivity index (χ1v) is 12.3. The Morgan fingerprint density at radius 3 is 2.65 bits per heavy atom. The second kappa shape index (κ2) is 8.99. The molecule has 1 aliphatic rings. The van der Waals surface area contributed by atoms with Crippen molar-refractivity contribution >= 4 is 21.6 Å². The van der Waals surface area contributed by atoms with Crippen LogP contribution in [0.3, 0.4) is 0 Å². The van der Waals surface area contributed by atoms with Gasteiger partial charge in [-0.2, -0.15) is 12.9 Å². The van der Waals surface area contributed by atoms with E-state index in [0.717, 1.165) is 18.5 Å². The third-order valence-corrected chi connectivity index (χ3v) is 7.06. The molecule has 4 aromatic rings. The van der Waals surface area contributed by atoms with Crippen LogP contribution in [0.25, 0.3) is 17.2 Å². The van der Waals surface area contributed by atoms with Gasteiger partial charge in [0.05, 0.1) is 18.1 Å². The van der Waals surface area contributed by atoms with Crippen molar-refractivity contribution in [2.45, 2.75) is 30.8 Å². The number of benzene rings is 1. The number of hydrogen-bond acceptors (Lipinski definition) is 9. The lowest BCUT2D eigenvalue weighted by atomic mass is 10.1. The molecule has 1 atom stereocenters. The van der Waals surface area contributed by atoms with E-state index in [1.807, 2.05) is 36.1 Å². The SMILES string of the molecule is COc1cccc(-c2nnc3ccc(N4CCCC(OS(=O)(=O)c5ccc(C)cc5)C4)nn23)n1. The zero-order valence-corrected chi connectivity index (χ0v) is 19.6. The molecule has 3 aromatic heterocycles. The molecule has 0 bridgehead atoms. The molecule has 0 radical (unpaired) electrons. The van der Waals surface area contributed by atoms with Crippen LogP contribution in [0.1, 0.15) is 18.4 Å². The predicted octanol–water partition coefficient (Wildman–Crippen LogP) is 2.88. The molecule has 0 N–H and O–H groups in total. The average Bonchev–Trinajstić information content (AvgIpc) is 3.27. The minimum Gasteiger partial charge on any atom is -0.481 e. The smallest absolute Gasteiger partial charge is 0.297 e. The number of hydrogen-bond donors (Lipinski definition) is 0. The number of nitrogens with zero attached hydrogens (tertiary/aromatic N) is 6. The van der Waals surface area contributed by atoms with Crippen molar-refractivity contribution in [3.63, 3.8) is 0 Å². The van der Waals surface area contributed by atoms with Crippen LogP contribution in [0.2, 0.25) is 0 Å². The van der Waals surface area contributed by atoms with Gasteiger partial charge in [-0.25, -0.2) is 4.98 Å². The van der Waals surface area contributed by atoms with Crippen molar-refractivity contribution in [3.8, 4) is 17.4 Å². The van der Waals surface area contributed by atoms with E-state index in [1.165, 1.54) is 0 Å². The summed E-state index contributed by atoms with van der Waals surface area (Å²) < 4.78 is 37.9. The Kier molecular flexibility index (Phi) is 5.88. The first-order chi connectivity index (χ1) is 16.4. The summed E-state index contributed by atoms with van der Waals surface area (Å²) in [6.07, 6.45) is 0.952. The highest BCUT2D eigenvalue weighted by molar-refractivity contribution is 7.86. The Morgan fingerprint density at radius 1 is 1.03 bits per heavy atom. The first kappa shape index (κ1) is 22.2. The van der Waals surface area contributed by atoms with Gasteiger partial charge >= 0.3 is 0 Å². The second-order valence-corrected chi connectivity index (χ2v) is 9.70. The maximum absolute atomic E-state index is 12.8. The van der Waals surface area contributed by atoms with Gasteiger partial charge in [-0.05, 0) is 50.1 Å². The van der Waals surface area contributed by atoms with Crippen molar-refractivity contribution in [2.75, 3.05) is 25.1 Å². The minimum absolute atomic E-state index is 0.162. The molecule has 11 heteroatoms. The van der Waals surface area contributed by atoms with Crippen LogP contribution in [0, 0.1) is 6.92 Å². The fourth-order valence-corrected chi connectivity index (χ4v) is 5.02. The highest BCUT2D eigenvalue weighted by atomic mass is 32.2. The third-order valence-electron chi connectivity index (χ3n) is 5.69. The van der Waals surface area contributed by atoms with Gasteiger partial charge in [0.2, 0.25) is 11.7 Å². The third kappa shape index (κ3) is 4.44. The largest absolute Gasteiger partial charge is 0.481 e. The van der Waals surface area contributed by atoms with Crippen LogP contribution in [0.5, 0.6) is 5.88 Å². The summed E-state index contributed by atoms with van der Waals surface area (Å²) in [7, 11) is -2.30. The molecule has 1 saturated heterocycles. The van der Waals surface area contributed by atoms with Crippen molar-refractivity contribution in [2.24, 2.45) is 0 Å². The van der Waals surface area contributed by atoms with E-state index in [1.54, 1.807) is 42.0 Å². The van der Waals surface area contributed by atoms with Crippen LogP contribution < -0.4 is 9.64 Å². The van der Waals surface area contributed by atoms with Gasteiger partial charge in [0, 0.05) is 19.2 Å². The Hall–Kier alpha value is -3.57. The topological polar surface area (TPSA) is 112 Å². The van der Waals surface area contributed by atoms with Crippen LogP contribution in [-0.2, 0) is 14.3 Å². The normalized spacial score (nSPS) is 16.6. The lowest BCUT2D eigenvalue weighted by molar-refractivity contribution is 0.186. The maximum Gasteiger partial charge on any atom is 0.297 e. The lowest BCUT2D eigenvalue weighted by Gasteiger charge is -2.32. The quantitative estimate of drug-likeness (QED) is 0.385. The molecule has 1 aromatic carbocycles. The molecule has 5 rings (SSSR count). The molecule has 1 aliphatic heterocycles. The molecule has 0 amide bonds. The summed E-state index contributed by atoms with van der Waals surface area (Å²) in [5.74, 6) is 1.64. The van der Waals surface area contributed by atoms with E-state index in [-0.39, 0.29) is 4.90 Å². The molecule has 0 spiro atoms. The van der Waals surface area contributed by atoms with E-state index < -0.39 is 16.2 Å². The van der Waals surface area contributed by atoms with E-state index in [9.17, 15) is 8.42 Å². The standard InChI is InChI=1S/C23H24N6O4S/c1-16-8-10-18(11-9-16)34(30,31)33-17-5-4-14-28(15-17)21-13-12-20-25-26-23(29(20)27-21)19-6-3-7-22(24-19)32-2/h3,6-13,17H,4-5,14-15H2,1-2H3. The molecule has 10 nitrogen and oxygen atoms in total. The van der Waals surface area contributed by atoms with Crippen molar-refractivity contribution in [1.29, 1.82) is 0 Å². The summed E-state index contributed by atoms with van der Waals surface area (Å²) in [4.78, 5) is 6.60. The van der Waals surface area contributed by atoms with Crippen molar-refractivity contribution < 1.29 is 17.3 Å². The number of ether oxygens (including phenoxy) is 1. The molecule has 0 saturated carbocycles. The Labute approximate surface area is 197 Å². The average molecular weight is 481 g/mol. The van der Waals surface area contributed by atoms with Gasteiger partial charge in [0.15, 0.2) is 5.65 Å². The van der Waals surface area contributed by atoms with E-state index in [4.69, 9.17) is 14.0 Å². The minimum atomic E-state index is -3.85. The molecule has 176 valence electrons. The molecule has 34 heavy (non-hydrogen) atoms. The van der Waals surface area contributed by atoms with Gasteiger partial charge in [0.25, 0.3) is 10.1 Å². The summed E-state index contributed by atoms with van der Waals surface area (Å²) >= 11 is 0. The summed E-state index contributed by atoms with van der Waals surface area (Å²) in [6.45, 7) is 3.04. The molecule has 1 fully saturated rings. The number of aromatic nitrogens is 5. The summed E-state index contributed by atoms with van der Waals surface area (Å²) in [6, 6.07) is 15.7. The van der Waals surface area contributed by atoms with E-state index >= 15 is 0 Å². The number of fused-ring (bicyclic) bond motifs is 1. The lowest BCUT2D eigenvalue weighted by Crippen LogP contribution is -2.41. The van der Waals surface area contributed by atoms with Gasteiger partial charge in [0.1, 0.15) is 11.5 Å². The van der Waals surface area contributed by atoms with Crippen LogP contribution >= 0.6 is 0 Å². The fourth-order valence-electron chi connectivity index (χ4n) is 3.93. The highest BCUT2D eigenvalue weighted by Gasteiger charge is 2.28. The highest BCUT2D eigenvalue weighted by Crippen LogP contribution is 2.25. The monoisotopic (exact) mass is 480 g/mol. The van der Waals surface area contributed by atoms with Crippen molar-refractivity contribution in [3.05, 3.63) is 60.2 Å². The van der Waals surface area contributed by atoms with Crippen molar-refractivity contribution in [1.82, 2.24) is 24.8 Å². The second-order valence-electron chi connectivity index (χ2n) is 8.12. The number of anilines is 1. The van der Waals surface area contributed by atoms with Gasteiger partial charge in [-0.1, -0.05) is 23.8 Å². The maximum atomic E-state index is 12.8. The molecular formula is C23H24N6O4S. The fraction of sp³-hybridized carbons (Fsp3) is 0.304. The van der Waals surface area contributed by atoms with Crippen LogP contribution in [0.4, 0.5) is 5.82 Å². The summed E-state index contributed by atoms with van der Waals surface area (Å²) in [5.41, 5.74) is 2.15. The summed E-state index contributed by atoms with van der Waals surface area (Å²) in [5, 5.41) is 13.1. The number of rotatable bonds is 6. The molecule has 0 aliphatic carbocycles. The number of aryl methyl sites for hydroxylation is 1. The Balaban J connectivity index is 1.38. The van der Waals surface area contributed by atoms with E-state index in [2.05, 4.69) is 15.2 Å². The van der Waals surface area contributed by atoms with E-state index in [0.29, 0.717) is 41.8 Å². The Bertz CT molecular complexity index is 1420.